The van der Waals surface area contributed by atoms with Crippen LogP contribution < -0.4 is 25.6 Å². The fourth-order valence-electron chi connectivity index (χ4n) is 3.87. The van der Waals surface area contributed by atoms with Gasteiger partial charge in [0.2, 0.25) is 17.5 Å². The van der Waals surface area contributed by atoms with Gasteiger partial charge in [0, 0.05) is 37.9 Å². The number of nitrogens with zero attached hydrogens (tertiary/aromatic N) is 5. The van der Waals surface area contributed by atoms with Gasteiger partial charge in [-0.1, -0.05) is 36.4 Å². The third-order valence-corrected chi connectivity index (χ3v) is 6.15. The summed E-state index contributed by atoms with van der Waals surface area (Å²) in [6.07, 6.45) is 2.69. The Hall–Kier alpha value is -4.33. The van der Waals surface area contributed by atoms with E-state index in [1.807, 2.05) is 12.1 Å². The molecule has 1 amide bonds. The summed E-state index contributed by atoms with van der Waals surface area (Å²) < 4.78 is 5.67. The molecule has 0 atom stereocenters. The van der Waals surface area contributed by atoms with E-state index >= 15 is 0 Å². The molecule has 190 valence electrons. The number of carbonyl (C=O) groups excluding carboxylic acids is 1. The smallest absolute Gasteiger partial charge is 0.247 e. The molecule has 1 aliphatic rings. The predicted molar refractivity (Wildman–Crippen MR) is 148 cm³/mol. The van der Waals surface area contributed by atoms with Crippen LogP contribution in [0.5, 0.6) is 5.75 Å². The topological polar surface area (TPSA) is 99.0 Å². The lowest BCUT2D eigenvalue weighted by Crippen LogP contribution is -2.44. The Balaban J connectivity index is 1.67. The lowest BCUT2D eigenvalue weighted by Gasteiger charge is -2.35. The number of anilines is 6. The van der Waals surface area contributed by atoms with E-state index in [1.54, 1.807) is 31.4 Å². The van der Waals surface area contributed by atoms with Gasteiger partial charge in [-0.25, -0.2) is 9.83 Å². The average molecular weight is 519 g/mol. The number of hydrogen-bond acceptors (Lipinski definition) is 8. The van der Waals surface area contributed by atoms with Crippen LogP contribution in [-0.4, -0.2) is 61.1 Å². The zero-order valence-corrected chi connectivity index (χ0v) is 21.3. The maximum atomic E-state index is 12.2. The first-order valence-corrected chi connectivity index (χ1v) is 11.9. The molecule has 10 nitrogen and oxygen atoms in total. The van der Waals surface area contributed by atoms with Crippen LogP contribution in [0.15, 0.2) is 55.3 Å². The molecule has 0 bridgehead atoms. The first-order chi connectivity index (χ1) is 17.9. The summed E-state index contributed by atoms with van der Waals surface area (Å²) >= 11 is 6.34. The fourth-order valence-corrected chi connectivity index (χ4v) is 4.01. The molecule has 1 aromatic heterocycles. The van der Waals surface area contributed by atoms with Gasteiger partial charge in [-0.2, -0.15) is 4.98 Å². The van der Waals surface area contributed by atoms with E-state index in [4.69, 9.17) is 22.9 Å². The lowest BCUT2D eigenvalue weighted by atomic mass is 10.1. The van der Waals surface area contributed by atoms with E-state index in [2.05, 4.69) is 54.2 Å². The number of benzene rings is 2. The molecule has 0 spiro atoms. The molecule has 3 N–H and O–H groups in total. The summed E-state index contributed by atoms with van der Waals surface area (Å²) in [4.78, 5) is 29.0. The van der Waals surface area contributed by atoms with Crippen LogP contribution in [0.4, 0.5) is 40.2 Å². The number of rotatable bonds is 8. The predicted octanol–water partition coefficient (Wildman–Crippen LogP) is 5.05. The molecule has 37 heavy (non-hydrogen) atoms. The Labute approximate surface area is 220 Å². The average Bonchev–Trinajstić information content (AvgIpc) is 2.91. The summed E-state index contributed by atoms with van der Waals surface area (Å²) in [5.74, 6) is 0.818. The Bertz CT molecular complexity index is 1350. The van der Waals surface area contributed by atoms with Crippen molar-refractivity contribution in [3.8, 4) is 5.75 Å². The SMILES string of the molecule is [C-]#[N+]c1ccccc1Nc1nc(Nc2cc(NC(=O)C=C)c(N3CCN(C)CC3)cc2OC)ncc1Cl. The molecule has 1 saturated heterocycles. The van der Waals surface area contributed by atoms with Gasteiger partial charge in [0.25, 0.3) is 0 Å². The van der Waals surface area contributed by atoms with E-state index in [0.29, 0.717) is 39.3 Å². The maximum absolute atomic E-state index is 12.2. The van der Waals surface area contributed by atoms with E-state index in [-0.39, 0.29) is 11.9 Å². The van der Waals surface area contributed by atoms with E-state index in [0.717, 1.165) is 31.9 Å². The summed E-state index contributed by atoms with van der Waals surface area (Å²) in [6, 6.07) is 10.7. The van der Waals surface area contributed by atoms with Gasteiger partial charge in [0.05, 0.1) is 36.9 Å². The Morgan fingerprint density at radius 2 is 1.92 bits per heavy atom. The van der Waals surface area contributed by atoms with Crippen LogP contribution in [0.1, 0.15) is 0 Å². The quantitative estimate of drug-likeness (QED) is 0.281. The van der Waals surface area contributed by atoms with Crippen LogP contribution in [0, 0.1) is 6.57 Å². The molecule has 2 aromatic carbocycles. The van der Waals surface area contributed by atoms with E-state index < -0.39 is 0 Å². The molecule has 1 fully saturated rings. The van der Waals surface area contributed by atoms with Crippen LogP contribution in [0.2, 0.25) is 5.02 Å². The van der Waals surface area contributed by atoms with Gasteiger partial charge in [0.15, 0.2) is 5.82 Å². The maximum Gasteiger partial charge on any atom is 0.247 e. The fraction of sp³-hybridized carbons (Fsp3) is 0.231. The van der Waals surface area contributed by atoms with Crippen LogP contribution >= 0.6 is 11.6 Å². The third-order valence-electron chi connectivity index (χ3n) is 5.87. The minimum atomic E-state index is -0.320. The number of ether oxygens (including phenoxy) is 1. The van der Waals surface area contributed by atoms with E-state index in [9.17, 15) is 4.79 Å². The van der Waals surface area contributed by atoms with Crippen molar-refractivity contribution in [2.45, 2.75) is 0 Å². The van der Waals surface area contributed by atoms with Crippen molar-refractivity contribution in [3.63, 3.8) is 0 Å². The van der Waals surface area contributed by atoms with Gasteiger partial charge >= 0.3 is 0 Å². The van der Waals surface area contributed by atoms with Crippen molar-refractivity contribution in [3.05, 3.63) is 71.7 Å². The van der Waals surface area contributed by atoms with Crippen molar-refractivity contribution in [1.29, 1.82) is 0 Å². The second-order valence-electron chi connectivity index (χ2n) is 8.32. The minimum Gasteiger partial charge on any atom is -0.494 e. The van der Waals surface area contributed by atoms with Gasteiger partial charge < -0.3 is 30.5 Å². The Morgan fingerprint density at radius 1 is 1.16 bits per heavy atom. The molecular formula is C26H27ClN8O2. The van der Waals surface area contributed by atoms with Crippen molar-refractivity contribution in [2.75, 3.05) is 61.2 Å². The number of amides is 1. The highest BCUT2D eigenvalue weighted by molar-refractivity contribution is 6.33. The number of methoxy groups -OCH3 is 1. The second-order valence-corrected chi connectivity index (χ2v) is 8.73. The van der Waals surface area contributed by atoms with Crippen LogP contribution in [-0.2, 0) is 4.79 Å². The number of aromatic nitrogens is 2. The summed E-state index contributed by atoms with van der Waals surface area (Å²) in [5.41, 5.74) is 3.02. The standard InChI is InChI=1S/C26H27ClN8O2/c1-5-24(36)30-20-14-21(23(37-4)15-22(20)35-12-10-34(3)11-13-35)32-26-29-16-17(27)25(33-26)31-19-9-7-6-8-18(19)28-2/h5-9,14-16H,1,10-13H2,3-4H3,(H,30,36)(H2,29,31,32,33). The number of hydrogen-bond donors (Lipinski definition) is 3. The zero-order valence-electron chi connectivity index (χ0n) is 20.6. The van der Waals surface area contributed by atoms with Crippen molar-refractivity contribution in [1.82, 2.24) is 14.9 Å². The lowest BCUT2D eigenvalue weighted by molar-refractivity contribution is -0.111. The molecule has 0 aliphatic carbocycles. The largest absolute Gasteiger partial charge is 0.494 e. The van der Waals surface area contributed by atoms with Gasteiger partial charge in [0.1, 0.15) is 10.8 Å². The van der Waals surface area contributed by atoms with Crippen molar-refractivity contribution in [2.24, 2.45) is 0 Å². The monoisotopic (exact) mass is 518 g/mol. The zero-order chi connectivity index (χ0) is 26.4. The highest BCUT2D eigenvalue weighted by Crippen LogP contribution is 2.39. The highest BCUT2D eigenvalue weighted by atomic mass is 35.5. The Kier molecular flexibility index (Phi) is 8.08. The number of likely N-dealkylation sites (N-methyl/N-ethyl adjacent to an activating group) is 1. The van der Waals surface area contributed by atoms with Crippen LogP contribution in [0.25, 0.3) is 4.85 Å². The van der Waals surface area contributed by atoms with Gasteiger partial charge in [-0.05, 0) is 25.3 Å². The molecule has 1 aliphatic heterocycles. The number of para-hydroxylation sites is 2. The first-order valence-electron chi connectivity index (χ1n) is 11.5. The Morgan fingerprint density at radius 3 is 2.62 bits per heavy atom. The summed E-state index contributed by atoms with van der Waals surface area (Å²) in [7, 11) is 3.66. The third kappa shape index (κ3) is 6.09. The highest BCUT2D eigenvalue weighted by Gasteiger charge is 2.21. The minimum absolute atomic E-state index is 0.249. The summed E-state index contributed by atoms with van der Waals surface area (Å²) in [6.45, 7) is 14.4. The molecule has 3 aromatic rings. The van der Waals surface area contributed by atoms with Gasteiger partial charge in [-0.3, -0.25) is 4.79 Å². The number of halogens is 1. The first kappa shape index (κ1) is 25.8. The van der Waals surface area contributed by atoms with Crippen molar-refractivity contribution >= 4 is 57.7 Å². The molecule has 4 rings (SSSR count). The normalized spacial score (nSPS) is 13.4. The number of carbonyl (C=O) groups is 1. The van der Waals surface area contributed by atoms with Crippen molar-refractivity contribution < 1.29 is 9.53 Å². The number of piperazine rings is 1. The molecule has 0 unspecified atom stereocenters. The molecular weight excluding hydrogens is 492 g/mol. The molecule has 0 saturated carbocycles. The van der Waals surface area contributed by atoms with E-state index in [1.165, 1.54) is 12.3 Å². The van der Waals surface area contributed by atoms with Crippen LogP contribution in [0.3, 0.4) is 0 Å². The number of nitrogens with one attached hydrogen (secondary N) is 3. The molecule has 11 heteroatoms. The molecule has 2 heterocycles. The molecule has 0 radical (unpaired) electrons. The summed E-state index contributed by atoms with van der Waals surface area (Å²) in [5, 5.41) is 9.46. The second kappa shape index (κ2) is 11.6. The van der Waals surface area contributed by atoms with Gasteiger partial charge in [-0.15, -0.1) is 0 Å².